The van der Waals surface area contributed by atoms with E-state index >= 15 is 0 Å². The molecule has 2 aromatic rings. The third-order valence-corrected chi connectivity index (χ3v) is 2.36. The lowest BCUT2D eigenvalue weighted by Gasteiger charge is -2.06. The van der Waals surface area contributed by atoms with E-state index in [0.717, 1.165) is 0 Å². The molecule has 0 unspecified atom stereocenters. The number of benzene rings is 1. The van der Waals surface area contributed by atoms with Crippen LogP contribution < -0.4 is 5.63 Å². The first-order chi connectivity index (χ1) is 8.34. The molecule has 0 saturated carbocycles. The number of halogens is 4. The summed E-state index contributed by atoms with van der Waals surface area (Å²) in [6.07, 6.45) is 0. The summed E-state index contributed by atoms with van der Waals surface area (Å²) in [5.41, 5.74) is -2.16. The highest BCUT2D eigenvalue weighted by Gasteiger charge is 2.25. The molecule has 7 heteroatoms. The first kappa shape index (κ1) is 12.5. The molecule has 0 aliphatic heterocycles. The summed E-state index contributed by atoms with van der Waals surface area (Å²) < 4.78 is 57.4. The summed E-state index contributed by atoms with van der Waals surface area (Å²) >= 11 is 0. The number of hydrogen-bond donors (Lipinski definition) is 0. The van der Waals surface area contributed by atoms with Crippen molar-refractivity contribution < 1.29 is 22.0 Å². The normalized spacial score (nSPS) is 11.5. The second kappa shape index (κ2) is 4.08. The van der Waals surface area contributed by atoms with Gasteiger partial charge < -0.3 is 4.42 Å². The van der Waals surface area contributed by atoms with Gasteiger partial charge in [0, 0.05) is 5.92 Å². The highest BCUT2D eigenvalue weighted by molar-refractivity contribution is 5.78. The van der Waals surface area contributed by atoms with Gasteiger partial charge in [-0.1, -0.05) is 13.8 Å². The lowest BCUT2D eigenvalue weighted by atomic mass is 10.2. The summed E-state index contributed by atoms with van der Waals surface area (Å²) in [6, 6.07) is 0. The van der Waals surface area contributed by atoms with Crippen LogP contribution in [0.3, 0.4) is 0 Å². The van der Waals surface area contributed by atoms with Crippen molar-refractivity contribution in [2.45, 2.75) is 19.8 Å². The summed E-state index contributed by atoms with van der Waals surface area (Å²) in [4.78, 5) is 14.9. The predicted octanol–water partition coefficient (Wildman–Crippen LogP) is 2.87. The number of nitrogens with zero attached hydrogens (tertiary/aromatic N) is 1. The van der Waals surface area contributed by atoms with Crippen LogP contribution in [0.15, 0.2) is 9.21 Å². The third-order valence-electron chi connectivity index (χ3n) is 2.36. The molecule has 1 aromatic heterocycles. The molecule has 0 fully saturated rings. The minimum Gasteiger partial charge on any atom is -0.408 e. The number of rotatable bonds is 1. The molecule has 0 aliphatic rings. The van der Waals surface area contributed by atoms with Crippen LogP contribution in [0.2, 0.25) is 0 Å². The summed E-state index contributed by atoms with van der Waals surface area (Å²) in [6.45, 7) is 3.18. The Morgan fingerprint density at radius 3 is 2.11 bits per heavy atom. The van der Waals surface area contributed by atoms with Gasteiger partial charge in [0.25, 0.3) is 0 Å². The fourth-order valence-corrected chi connectivity index (χ4v) is 1.44. The van der Waals surface area contributed by atoms with Gasteiger partial charge in [-0.05, 0) is 0 Å². The molecule has 0 atom stereocenters. The molecule has 1 aromatic carbocycles. The standard InChI is InChI=1S/C11H7F4NO2/c1-3(2)10-16-9-4(11(17)18-10)5(12)6(13)7(14)8(9)15/h3H,1-2H3. The minimum atomic E-state index is -2.06. The van der Waals surface area contributed by atoms with Crippen LogP contribution in [0.4, 0.5) is 17.6 Å². The largest absolute Gasteiger partial charge is 0.408 e. The molecule has 96 valence electrons. The van der Waals surface area contributed by atoms with Crippen molar-refractivity contribution >= 4 is 10.9 Å². The number of hydrogen-bond acceptors (Lipinski definition) is 3. The van der Waals surface area contributed by atoms with E-state index in [4.69, 9.17) is 0 Å². The van der Waals surface area contributed by atoms with E-state index in [9.17, 15) is 22.4 Å². The van der Waals surface area contributed by atoms with Crippen molar-refractivity contribution in [1.29, 1.82) is 0 Å². The topological polar surface area (TPSA) is 43.1 Å². The minimum absolute atomic E-state index is 0.184. The summed E-state index contributed by atoms with van der Waals surface area (Å²) in [5, 5.41) is -1.03. The molecule has 0 radical (unpaired) electrons. The van der Waals surface area contributed by atoms with Gasteiger partial charge in [0.15, 0.2) is 23.3 Å². The average Bonchev–Trinajstić information content (AvgIpc) is 2.32. The lowest BCUT2D eigenvalue weighted by Crippen LogP contribution is -2.12. The van der Waals surface area contributed by atoms with E-state index in [1.807, 2.05) is 0 Å². The van der Waals surface area contributed by atoms with Crippen LogP contribution in [0.5, 0.6) is 0 Å². The van der Waals surface area contributed by atoms with Crippen molar-refractivity contribution in [3.05, 3.63) is 39.6 Å². The molecular weight excluding hydrogens is 254 g/mol. The fourth-order valence-electron chi connectivity index (χ4n) is 1.44. The maximum absolute atomic E-state index is 13.4. The van der Waals surface area contributed by atoms with Gasteiger partial charge in [0.2, 0.25) is 5.89 Å². The summed E-state index contributed by atoms with van der Waals surface area (Å²) in [7, 11) is 0. The molecule has 0 N–H and O–H groups in total. The van der Waals surface area contributed by atoms with Crippen molar-refractivity contribution in [2.75, 3.05) is 0 Å². The van der Waals surface area contributed by atoms with Crippen LogP contribution in [-0.4, -0.2) is 4.98 Å². The van der Waals surface area contributed by atoms with Crippen LogP contribution in [0.25, 0.3) is 10.9 Å². The highest BCUT2D eigenvalue weighted by atomic mass is 19.2. The molecular formula is C11H7F4NO2. The van der Waals surface area contributed by atoms with Crippen molar-refractivity contribution in [3.8, 4) is 0 Å². The zero-order valence-corrected chi connectivity index (χ0v) is 9.35. The molecule has 3 nitrogen and oxygen atoms in total. The van der Waals surface area contributed by atoms with E-state index < -0.39 is 45.7 Å². The molecule has 0 aliphatic carbocycles. The van der Waals surface area contributed by atoms with E-state index in [1.165, 1.54) is 0 Å². The summed E-state index contributed by atoms with van der Waals surface area (Å²) in [5.74, 6) is -8.16. The first-order valence-corrected chi connectivity index (χ1v) is 5.01. The van der Waals surface area contributed by atoms with Gasteiger partial charge in [-0.2, -0.15) is 0 Å². The average molecular weight is 261 g/mol. The van der Waals surface area contributed by atoms with Gasteiger partial charge in [-0.3, -0.25) is 0 Å². The molecule has 0 bridgehead atoms. The van der Waals surface area contributed by atoms with E-state index in [2.05, 4.69) is 9.40 Å². The third kappa shape index (κ3) is 1.66. The van der Waals surface area contributed by atoms with E-state index in [0.29, 0.717) is 0 Å². The second-order valence-electron chi connectivity index (χ2n) is 3.97. The smallest absolute Gasteiger partial charge is 0.350 e. The zero-order valence-electron chi connectivity index (χ0n) is 9.35. The predicted molar refractivity (Wildman–Crippen MR) is 54.2 cm³/mol. The van der Waals surface area contributed by atoms with Gasteiger partial charge in [-0.25, -0.2) is 27.3 Å². The first-order valence-electron chi connectivity index (χ1n) is 5.01. The Kier molecular flexibility index (Phi) is 2.84. The van der Waals surface area contributed by atoms with Gasteiger partial charge in [0.05, 0.1) is 0 Å². The Morgan fingerprint density at radius 2 is 1.56 bits per heavy atom. The Labute approximate surface area is 98.1 Å². The number of aromatic nitrogens is 1. The lowest BCUT2D eigenvalue weighted by molar-refractivity contribution is 0.398. The van der Waals surface area contributed by atoms with Crippen molar-refractivity contribution in [1.82, 2.24) is 4.98 Å². The van der Waals surface area contributed by atoms with Gasteiger partial charge >= 0.3 is 5.63 Å². The van der Waals surface area contributed by atoms with E-state index in [1.54, 1.807) is 13.8 Å². The maximum Gasteiger partial charge on any atom is 0.350 e. The highest BCUT2D eigenvalue weighted by Crippen LogP contribution is 2.24. The Balaban J connectivity index is 3.02. The van der Waals surface area contributed by atoms with Crippen molar-refractivity contribution in [2.24, 2.45) is 0 Å². The monoisotopic (exact) mass is 261 g/mol. The quantitative estimate of drug-likeness (QED) is 0.450. The molecule has 1 heterocycles. The SMILES string of the molecule is CC(C)c1nc2c(F)c(F)c(F)c(F)c2c(=O)o1. The van der Waals surface area contributed by atoms with Gasteiger partial charge in [-0.15, -0.1) is 0 Å². The van der Waals surface area contributed by atoms with Crippen LogP contribution >= 0.6 is 0 Å². The molecule has 0 amide bonds. The number of fused-ring (bicyclic) bond motifs is 1. The van der Waals surface area contributed by atoms with Crippen LogP contribution in [0, 0.1) is 23.3 Å². The maximum atomic E-state index is 13.4. The Hall–Kier alpha value is -1.92. The molecule has 0 saturated heterocycles. The Bertz CT molecular complexity index is 694. The van der Waals surface area contributed by atoms with Crippen molar-refractivity contribution in [3.63, 3.8) is 0 Å². The molecule has 18 heavy (non-hydrogen) atoms. The second-order valence-corrected chi connectivity index (χ2v) is 3.97. The van der Waals surface area contributed by atoms with E-state index in [-0.39, 0.29) is 5.89 Å². The molecule has 0 spiro atoms. The molecule has 2 rings (SSSR count). The Morgan fingerprint density at radius 1 is 1.00 bits per heavy atom. The van der Waals surface area contributed by atoms with Gasteiger partial charge in [0.1, 0.15) is 10.9 Å². The zero-order chi connectivity index (χ0) is 13.6. The fraction of sp³-hybridized carbons (Fsp3) is 0.273. The van der Waals surface area contributed by atoms with Crippen LogP contribution in [0.1, 0.15) is 25.7 Å². The van der Waals surface area contributed by atoms with Crippen LogP contribution in [-0.2, 0) is 0 Å².